The second kappa shape index (κ2) is 7.51. The molecule has 5 heteroatoms. The second-order valence-corrected chi connectivity index (χ2v) is 8.62. The van der Waals surface area contributed by atoms with Crippen molar-refractivity contribution in [3.63, 3.8) is 0 Å². The lowest BCUT2D eigenvalue weighted by Crippen LogP contribution is -2.44. The third-order valence-electron chi connectivity index (χ3n) is 4.65. The van der Waals surface area contributed by atoms with Crippen LogP contribution in [0.4, 0.5) is 5.69 Å². The number of carbonyl (C=O) groups excluding carboxylic acids is 1. The maximum absolute atomic E-state index is 13.0. The van der Waals surface area contributed by atoms with E-state index in [9.17, 15) is 13.2 Å². The van der Waals surface area contributed by atoms with Crippen LogP contribution in [0.3, 0.4) is 0 Å². The van der Waals surface area contributed by atoms with Gasteiger partial charge in [0.2, 0.25) is 5.91 Å². The molecule has 0 bridgehead atoms. The van der Waals surface area contributed by atoms with E-state index in [1.54, 1.807) is 11.0 Å². The molecule has 24 heavy (non-hydrogen) atoms. The van der Waals surface area contributed by atoms with Crippen molar-refractivity contribution in [1.29, 1.82) is 0 Å². The molecule has 1 aliphatic heterocycles. The molecule has 1 aromatic rings. The molecule has 2 rings (SSSR count). The maximum atomic E-state index is 13.0. The van der Waals surface area contributed by atoms with Crippen LogP contribution in [0.25, 0.3) is 0 Å². The predicted octanol–water partition coefficient (Wildman–Crippen LogP) is 3.89. The molecular weight excluding hydrogens is 322 g/mol. The van der Waals surface area contributed by atoms with Crippen LogP contribution in [0.2, 0.25) is 0 Å². The Morgan fingerprint density at radius 3 is 2.17 bits per heavy atom. The molecule has 0 radical (unpaired) electrons. The van der Waals surface area contributed by atoms with Crippen LogP contribution in [0.15, 0.2) is 35.7 Å². The van der Waals surface area contributed by atoms with Crippen molar-refractivity contribution in [3.8, 4) is 0 Å². The highest BCUT2D eigenvalue weighted by Gasteiger charge is 2.33. The van der Waals surface area contributed by atoms with E-state index < -0.39 is 15.9 Å². The minimum Gasteiger partial charge on any atom is -0.304 e. The van der Waals surface area contributed by atoms with E-state index in [1.165, 1.54) is 11.0 Å². The summed E-state index contributed by atoms with van der Waals surface area (Å²) in [4.78, 5) is 14.7. The summed E-state index contributed by atoms with van der Waals surface area (Å²) in [6.07, 6.45) is 3.13. The summed E-state index contributed by atoms with van der Waals surface area (Å²) >= 11 is 0. The number of amides is 1. The first-order valence-electron chi connectivity index (χ1n) is 8.63. The molecular formula is C19H27NO3S. The minimum atomic E-state index is -3.22. The Balaban J connectivity index is 2.39. The highest BCUT2D eigenvalue weighted by molar-refractivity contribution is 7.94. The van der Waals surface area contributed by atoms with E-state index >= 15 is 0 Å². The van der Waals surface area contributed by atoms with Gasteiger partial charge in [-0.1, -0.05) is 39.8 Å². The summed E-state index contributed by atoms with van der Waals surface area (Å²) in [7, 11) is -3.22. The monoisotopic (exact) mass is 349 g/mol. The highest BCUT2D eigenvalue weighted by Crippen LogP contribution is 2.28. The zero-order valence-corrected chi connectivity index (χ0v) is 15.7. The number of nitrogens with zero attached hydrogens (tertiary/aromatic N) is 1. The molecule has 1 aromatic carbocycles. The van der Waals surface area contributed by atoms with Crippen LogP contribution in [0, 0.1) is 5.92 Å². The maximum Gasteiger partial charge on any atom is 0.230 e. The summed E-state index contributed by atoms with van der Waals surface area (Å²) in [5.41, 5.74) is 1.96. The third kappa shape index (κ3) is 4.07. The molecule has 0 aliphatic carbocycles. The van der Waals surface area contributed by atoms with Crippen LogP contribution >= 0.6 is 0 Å². The molecule has 1 atom stereocenters. The van der Waals surface area contributed by atoms with Crippen LogP contribution in [-0.4, -0.2) is 26.1 Å². The van der Waals surface area contributed by atoms with E-state index in [4.69, 9.17) is 0 Å². The number of rotatable bonds is 6. The van der Waals surface area contributed by atoms with Crippen molar-refractivity contribution in [2.45, 2.75) is 52.5 Å². The number of anilines is 1. The fourth-order valence-electron chi connectivity index (χ4n) is 3.06. The Morgan fingerprint density at radius 1 is 1.17 bits per heavy atom. The van der Waals surface area contributed by atoms with Gasteiger partial charge in [-0.25, -0.2) is 8.42 Å². The molecule has 0 saturated carbocycles. The number of carbonyl (C=O) groups is 1. The van der Waals surface area contributed by atoms with Crippen LogP contribution in [-0.2, 0) is 14.6 Å². The van der Waals surface area contributed by atoms with Crippen molar-refractivity contribution in [1.82, 2.24) is 0 Å². The Hall–Kier alpha value is -1.62. The molecule has 4 nitrogen and oxygen atoms in total. The number of benzene rings is 1. The Morgan fingerprint density at radius 2 is 1.75 bits per heavy atom. The summed E-state index contributed by atoms with van der Waals surface area (Å²) in [5, 5.41) is 1.23. The lowest BCUT2D eigenvalue weighted by Gasteiger charge is -2.31. The second-order valence-electron chi connectivity index (χ2n) is 6.69. The van der Waals surface area contributed by atoms with Crippen LogP contribution in [0.1, 0.15) is 52.0 Å². The van der Waals surface area contributed by atoms with Crippen LogP contribution < -0.4 is 4.90 Å². The molecule has 0 fully saturated rings. The molecule has 0 saturated heterocycles. The smallest absolute Gasteiger partial charge is 0.230 e. The topological polar surface area (TPSA) is 54.5 Å². The lowest BCUT2D eigenvalue weighted by molar-refractivity contribution is -0.122. The van der Waals surface area contributed by atoms with Gasteiger partial charge in [0.05, 0.1) is 11.8 Å². The van der Waals surface area contributed by atoms with Gasteiger partial charge in [-0.2, -0.15) is 0 Å². The SMILES string of the molecule is CCC(CC)C(=O)N(c1ccc(C(C)C)cc1)[C@@H]1C=CS(=O)(=O)C1. The first kappa shape index (κ1) is 18.7. The van der Waals surface area contributed by atoms with E-state index in [1.807, 2.05) is 38.1 Å². The van der Waals surface area contributed by atoms with Gasteiger partial charge in [-0.3, -0.25) is 4.79 Å². The predicted molar refractivity (Wildman–Crippen MR) is 98.8 cm³/mol. The molecule has 132 valence electrons. The van der Waals surface area contributed by atoms with Gasteiger partial charge < -0.3 is 4.90 Å². The van der Waals surface area contributed by atoms with Gasteiger partial charge in [0.15, 0.2) is 9.84 Å². The Labute approximate surface area is 145 Å². The van der Waals surface area contributed by atoms with Gasteiger partial charge in [0.25, 0.3) is 0 Å². The average molecular weight is 349 g/mol. The third-order valence-corrected chi connectivity index (χ3v) is 6.03. The van der Waals surface area contributed by atoms with Crippen molar-refractivity contribution >= 4 is 21.4 Å². The largest absolute Gasteiger partial charge is 0.304 e. The first-order chi connectivity index (χ1) is 11.3. The molecule has 0 N–H and O–H groups in total. The number of sulfone groups is 1. The molecule has 1 amide bonds. The van der Waals surface area contributed by atoms with E-state index in [0.717, 1.165) is 18.5 Å². The highest BCUT2D eigenvalue weighted by atomic mass is 32.2. The van der Waals surface area contributed by atoms with E-state index in [2.05, 4.69) is 13.8 Å². The zero-order valence-electron chi connectivity index (χ0n) is 14.9. The van der Waals surface area contributed by atoms with Gasteiger partial charge in [0.1, 0.15) is 0 Å². The van der Waals surface area contributed by atoms with Gasteiger partial charge in [0, 0.05) is 17.0 Å². The molecule has 1 aliphatic rings. The molecule has 0 spiro atoms. The number of hydrogen-bond acceptors (Lipinski definition) is 3. The molecule has 0 aromatic heterocycles. The summed E-state index contributed by atoms with van der Waals surface area (Å²) in [6, 6.07) is 7.46. The van der Waals surface area contributed by atoms with Crippen molar-refractivity contribution in [2.24, 2.45) is 5.92 Å². The van der Waals surface area contributed by atoms with E-state index in [0.29, 0.717) is 5.92 Å². The van der Waals surface area contributed by atoms with Gasteiger partial charge in [-0.05, 0) is 42.5 Å². The lowest BCUT2D eigenvalue weighted by atomic mass is 9.99. The number of hydrogen-bond donors (Lipinski definition) is 0. The summed E-state index contributed by atoms with van der Waals surface area (Å²) < 4.78 is 23.7. The standard InChI is InChI=1S/C19H27NO3S/c1-5-15(6-2)19(21)20(18-11-12-24(22,23)13-18)17-9-7-16(8-10-17)14(3)4/h7-12,14-15,18H,5-6,13H2,1-4H3/t18-/m1/s1. The summed E-state index contributed by atoms with van der Waals surface area (Å²) in [6.45, 7) is 8.23. The average Bonchev–Trinajstić information content (AvgIpc) is 2.89. The summed E-state index contributed by atoms with van der Waals surface area (Å²) in [5.74, 6) is 0.287. The Kier molecular flexibility index (Phi) is 5.86. The quantitative estimate of drug-likeness (QED) is 0.783. The first-order valence-corrected chi connectivity index (χ1v) is 10.3. The van der Waals surface area contributed by atoms with Crippen molar-refractivity contribution < 1.29 is 13.2 Å². The minimum absolute atomic E-state index is 0.00375. The van der Waals surface area contributed by atoms with Crippen molar-refractivity contribution in [2.75, 3.05) is 10.7 Å². The molecule has 0 unspecified atom stereocenters. The van der Waals surface area contributed by atoms with Crippen molar-refractivity contribution in [3.05, 3.63) is 41.3 Å². The van der Waals surface area contributed by atoms with Gasteiger partial charge >= 0.3 is 0 Å². The Bertz CT molecular complexity index is 701. The van der Waals surface area contributed by atoms with Crippen LogP contribution in [0.5, 0.6) is 0 Å². The fraction of sp³-hybridized carbons (Fsp3) is 0.526. The molecule has 1 heterocycles. The normalized spacial score (nSPS) is 19.2. The van der Waals surface area contributed by atoms with Gasteiger partial charge in [-0.15, -0.1) is 0 Å². The fourth-order valence-corrected chi connectivity index (χ4v) is 4.32. The zero-order chi connectivity index (χ0) is 17.9. The van der Waals surface area contributed by atoms with E-state index in [-0.39, 0.29) is 17.6 Å².